The quantitative estimate of drug-likeness (QED) is 0.703. The zero-order chi connectivity index (χ0) is 20.5. The first-order valence-electron chi connectivity index (χ1n) is 10.3. The van der Waals surface area contributed by atoms with E-state index in [1.807, 2.05) is 12.1 Å². The van der Waals surface area contributed by atoms with Gasteiger partial charge in [-0.2, -0.15) is 0 Å². The lowest BCUT2D eigenvalue weighted by Gasteiger charge is -2.21. The summed E-state index contributed by atoms with van der Waals surface area (Å²) >= 11 is 0. The third-order valence-electron chi connectivity index (χ3n) is 5.26. The molecule has 1 fully saturated rings. The minimum absolute atomic E-state index is 0.0202. The maximum Gasteiger partial charge on any atom is 0.279 e. The molecule has 0 radical (unpaired) electrons. The molecule has 2 aromatic carbocycles. The molecule has 1 aliphatic rings. The number of hydrogen-bond acceptors (Lipinski definition) is 3. The number of hydrogen-bond donors (Lipinski definition) is 3. The number of methoxy groups -OCH3 is 1. The zero-order valence-corrected chi connectivity index (χ0v) is 17.0. The topological polar surface area (TPSA) is 71.9 Å². The summed E-state index contributed by atoms with van der Waals surface area (Å²) in [4.78, 5) is 26.2. The number of benzene rings is 2. The number of ether oxygens (including phenoxy) is 1. The normalized spacial score (nSPS) is 15.1. The van der Waals surface area contributed by atoms with Gasteiger partial charge in [0.05, 0.1) is 25.9 Å². The van der Waals surface area contributed by atoms with E-state index in [9.17, 15) is 9.59 Å². The molecule has 1 saturated heterocycles. The van der Waals surface area contributed by atoms with Gasteiger partial charge in [-0.05, 0) is 62.1 Å². The van der Waals surface area contributed by atoms with Crippen LogP contribution in [0.3, 0.4) is 0 Å². The number of quaternary nitrogens is 1. The van der Waals surface area contributed by atoms with Crippen LogP contribution in [-0.2, 0) is 4.79 Å². The average molecular weight is 397 g/mol. The van der Waals surface area contributed by atoms with Gasteiger partial charge in [0.2, 0.25) is 0 Å². The molecular formula is C23H30N3O3+. The van der Waals surface area contributed by atoms with Crippen molar-refractivity contribution < 1.29 is 19.2 Å². The van der Waals surface area contributed by atoms with Crippen molar-refractivity contribution in [1.29, 1.82) is 0 Å². The van der Waals surface area contributed by atoms with Gasteiger partial charge in [-0.1, -0.05) is 18.6 Å². The molecule has 0 unspecified atom stereocenters. The molecule has 1 aliphatic heterocycles. The number of likely N-dealkylation sites (tertiary alicyclic amines) is 1. The van der Waals surface area contributed by atoms with Crippen molar-refractivity contribution in [2.24, 2.45) is 0 Å². The fourth-order valence-electron chi connectivity index (χ4n) is 3.66. The van der Waals surface area contributed by atoms with Gasteiger partial charge in [-0.25, -0.2) is 0 Å². The highest BCUT2D eigenvalue weighted by Crippen LogP contribution is 2.23. The Morgan fingerprint density at radius 1 is 0.897 bits per heavy atom. The largest absolute Gasteiger partial charge is 0.495 e. The lowest BCUT2D eigenvalue weighted by molar-refractivity contribution is -0.892. The van der Waals surface area contributed by atoms with Crippen LogP contribution < -0.4 is 20.3 Å². The van der Waals surface area contributed by atoms with Crippen LogP contribution in [0, 0.1) is 0 Å². The summed E-state index contributed by atoms with van der Waals surface area (Å²) in [6.07, 6.45) is 6.24. The Labute approximate surface area is 172 Å². The van der Waals surface area contributed by atoms with Crippen LogP contribution >= 0.6 is 0 Å². The Bertz CT molecular complexity index is 812. The number of amides is 2. The Morgan fingerprint density at radius 3 is 2.24 bits per heavy atom. The highest BCUT2D eigenvalue weighted by Gasteiger charge is 2.16. The highest BCUT2D eigenvalue weighted by molar-refractivity contribution is 6.05. The first-order valence-corrected chi connectivity index (χ1v) is 10.3. The Kier molecular flexibility index (Phi) is 7.64. The second-order valence-electron chi connectivity index (χ2n) is 7.47. The number of carbonyl (C=O) groups excluding carboxylic acids is 2. The predicted molar refractivity (Wildman–Crippen MR) is 115 cm³/mol. The van der Waals surface area contributed by atoms with E-state index in [2.05, 4.69) is 10.6 Å². The van der Waals surface area contributed by atoms with Crippen molar-refractivity contribution >= 4 is 23.2 Å². The molecule has 154 valence electrons. The molecule has 0 saturated carbocycles. The lowest BCUT2D eigenvalue weighted by Crippen LogP contribution is -3.13. The Morgan fingerprint density at radius 2 is 1.55 bits per heavy atom. The molecule has 29 heavy (non-hydrogen) atoms. The number of nitrogens with one attached hydrogen (secondary N) is 3. The number of carbonyl (C=O) groups is 2. The fourth-order valence-corrected chi connectivity index (χ4v) is 3.66. The molecule has 0 bridgehead atoms. The SMILES string of the molecule is COc1ccccc1NC(=O)c1ccc(NC(=O)C[NH+]2CCCCCCC2)cc1. The van der Waals surface area contributed by atoms with E-state index in [0.29, 0.717) is 29.2 Å². The van der Waals surface area contributed by atoms with Crippen molar-refractivity contribution in [1.82, 2.24) is 0 Å². The van der Waals surface area contributed by atoms with E-state index in [-0.39, 0.29) is 11.8 Å². The average Bonchev–Trinajstić information content (AvgIpc) is 2.71. The minimum Gasteiger partial charge on any atom is -0.495 e. The van der Waals surface area contributed by atoms with Crippen molar-refractivity contribution in [3.8, 4) is 5.75 Å². The maximum absolute atomic E-state index is 12.5. The van der Waals surface area contributed by atoms with Gasteiger partial charge >= 0.3 is 0 Å². The highest BCUT2D eigenvalue weighted by atomic mass is 16.5. The fraction of sp³-hybridized carbons (Fsp3) is 0.391. The van der Waals surface area contributed by atoms with Gasteiger partial charge in [0, 0.05) is 11.3 Å². The van der Waals surface area contributed by atoms with Crippen LogP contribution in [0.5, 0.6) is 5.75 Å². The summed E-state index contributed by atoms with van der Waals surface area (Å²) in [6.45, 7) is 2.63. The zero-order valence-electron chi connectivity index (χ0n) is 17.0. The van der Waals surface area contributed by atoms with Crippen LogP contribution in [0.1, 0.15) is 42.5 Å². The summed E-state index contributed by atoms with van der Waals surface area (Å²) < 4.78 is 5.26. The molecule has 0 atom stereocenters. The van der Waals surface area contributed by atoms with E-state index < -0.39 is 0 Å². The number of para-hydroxylation sites is 2. The molecule has 6 nitrogen and oxygen atoms in total. The van der Waals surface area contributed by atoms with E-state index in [0.717, 1.165) is 13.1 Å². The standard InChI is InChI=1S/C23H29N3O3/c1-29-21-10-6-5-9-20(21)25-23(28)18-11-13-19(14-12-18)24-22(27)17-26-15-7-3-2-4-8-16-26/h5-6,9-14H,2-4,7-8,15-17H2,1H3,(H,24,27)(H,25,28)/p+1. The summed E-state index contributed by atoms with van der Waals surface area (Å²) in [7, 11) is 1.57. The van der Waals surface area contributed by atoms with Gasteiger partial charge in [0.25, 0.3) is 11.8 Å². The molecule has 1 heterocycles. The summed E-state index contributed by atoms with van der Waals surface area (Å²) in [5.41, 5.74) is 1.84. The first kappa shape index (κ1) is 20.9. The van der Waals surface area contributed by atoms with Crippen molar-refractivity contribution in [2.75, 3.05) is 37.4 Å². The molecule has 0 aromatic heterocycles. The van der Waals surface area contributed by atoms with Crippen LogP contribution in [0.25, 0.3) is 0 Å². The molecule has 2 amide bonds. The van der Waals surface area contributed by atoms with Gasteiger partial charge < -0.3 is 20.3 Å². The van der Waals surface area contributed by atoms with Crippen LogP contribution in [-0.4, -0.2) is 38.6 Å². The molecule has 3 rings (SSSR count). The van der Waals surface area contributed by atoms with Crippen molar-refractivity contribution in [2.45, 2.75) is 32.1 Å². The second kappa shape index (κ2) is 10.6. The first-order chi connectivity index (χ1) is 14.2. The maximum atomic E-state index is 12.5. The summed E-state index contributed by atoms with van der Waals surface area (Å²) in [6, 6.07) is 14.2. The molecule has 2 aromatic rings. The minimum atomic E-state index is -0.225. The van der Waals surface area contributed by atoms with Gasteiger partial charge in [0.1, 0.15) is 5.75 Å². The molecule has 0 spiro atoms. The van der Waals surface area contributed by atoms with Crippen LogP contribution in [0.2, 0.25) is 0 Å². The van der Waals surface area contributed by atoms with E-state index in [1.165, 1.54) is 37.0 Å². The molecular weight excluding hydrogens is 366 g/mol. The monoisotopic (exact) mass is 396 g/mol. The molecule has 6 heteroatoms. The van der Waals surface area contributed by atoms with E-state index in [4.69, 9.17) is 4.74 Å². The van der Waals surface area contributed by atoms with Crippen LogP contribution in [0.4, 0.5) is 11.4 Å². The Balaban J connectivity index is 1.53. The Hall–Kier alpha value is -2.86. The second-order valence-corrected chi connectivity index (χ2v) is 7.47. The van der Waals surface area contributed by atoms with Gasteiger partial charge in [0.15, 0.2) is 6.54 Å². The number of rotatable bonds is 6. The van der Waals surface area contributed by atoms with Gasteiger partial charge in [-0.15, -0.1) is 0 Å². The molecule has 0 aliphatic carbocycles. The third-order valence-corrected chi connectivity index (χ3v) is 5.26. The van der Waals surface area contributed by atoms with Gasteiger partial charge in [-0.3, -0.25) is 9.59 Å². The van der Waals surface area contributed by atoms with Crippen molar-refractivity contribution in [3.05, 3.63) is 54.1 Å². The predicted octanol–water partition coefficient (Wildman–Crippen LogP) is 2.74. The third kappa shape index (κ3) is 6.32. The van der Waals surface area contributed by atoms with Crippen LogP contribution in [0.15, 0.2) is 48.5 Å². The smallest absolute Gasteiger partial charge is 0.279 e. The van der Waals surface area contributed by atoms with Crippen molar-refractivity contribution in [3.63, 3.8) is 0 Å². The van der Waals surface area contributed by atoms with E-state index >= 15 is 0 Å². The summed E-state index contributed by atoms with van der Waals surface area (Å²) in [5, 5.41) is 5.80. The lowest BCUT2D eigenvalue weighted by atomic mass is 10.1. The number of anilines is 2. The summed E-state index contributed by atoms with van der Waals surface area (Å²) in [5.74, 6) is 0.403. The van der Waals surface area contributed by atoms with E-state index in [1.54, 1.807) is 43.5 Å². The molecule has 3 N–H and O–H groups in total.